The second-order valence-electron chi connectivity index (χ2n) is 8.08. The van der Waals surface area contributed by atoms with Crippen molar-refractivity contribution < 1.29 is 18.7 Å². The van der Waals surface area contributed by atoms with Gasteiger partial charge in [-0.2, -0.15) is 0 Å². The molecule has 0 atom stereocenters. The topological polar surface area (TPSA) is 124 Å². The maximum atomic E-state index is 12.9. The molecular formula is C20H23N5O4S. The Morgan fingerprint density at radius 3 is 2.93 bits per heavy atom. The molecule has 0 saturated carbocycles. The first-order valence-corrected chi connectivity index (χ1v) is 10.4. The molecule has 0 saturated heterocycles. The predicted octanol–water partition coefficient (Wildman–Crippen LogP) is 3.09. The number of nitrogens with zero attached hydrogens (tertiary/aromatic N) is 3. The Bertz CT molecular complexity index is 1110. The molecule has 9 nitrogen and oxygen atoms in total. The molecule has 0 radical (unpaired) electrons. The van der Waals surface area contributed by atoms with Gasteiger partial charge in [0, 0.05) is 11.4 Å². The number of nitrogen functional groups attached to an aromatic ring is 1. The van der Waals surface area contributed by atoms with Crippen LogP contribution in [0.15, 0.2) is 23.1 Å². The van der Waals surface area contributed by atoms with E-state index in [1.165, 1.54) is 12.6 Å². The molecular weight excluding hydrogens is 406 g/mol. The highest BCUT2D eigenvalue weighted by Gasteiger charge is 2.27. The lowest BCUT2D eigenvalue weighted by Crippen LogP contribution is -2.35. The quantitative estimate of drug-likeness (QED) is 0.656. The van der Waals surface area contributed by atoms with Crippen LogP contribution in [-0.2, 0) is 24.2 Å². The Morgan fingerprint density at radius 1 is 1.37 bits per heavy atom. The van der Waals surface area contributed by atoms with Crippen molar-refractivity contribution in [1.29, 1.82) is 0 Å². The lowest BCUT2D eigenvalue weighted by atomic mass is 10.0. The number of fused-ring (bicyclic) bond motifs is 3. The van der Waals surface area contributed by atoms with Gasteiger partial charge in [0.25, 0.3) is 5.91 Å². The van der Waals surface area contributed by atoms with Crippen molar-refractivity contribution >= 4 is 39.4 Å². The van der Waals surface area contributed by atoms with E-state index in [1.807, 2.05) is 0 Å². The van der Waals surface area contributed by atoms with Crippen LogP contribution in [-0.4, -0.2) is 39.0 Å². The fraction of sp³-hybridized carbons (Fsp3) is 0.400. The lowest BCUT2D eigenvalue weighted by Gasteiger charge is -2.26. The molecule has 3 N–H and O–H groups in total. The first-order chi connectivity index (χ1) is 14.2. The van der Waals surface area contributed by atoms with Crippen molar-refractivity contribution in [3.8, 4) is 0 Å². The molecule has 2 amide bonds. The minimum absolute atomic E-state index is 0.121. The molecule has 10 heteroatoms. The summed E-state index contributed by atoms with van der Waals surface area (Å²) in [4.78, 5) is 36.8. The molecule has 1 aliphatic heterocycles. The Hall–Kier alpha value is -3.14. The summed E-state index contributed by atoms with van der Waals surface area (Å²) in [6, 6.07) is 1.64. The summed E-state index contributed by atoms with van der Waals surface area (Å²) in [6.45, 7) is 6.57. The number of aromatic nitrogens is 2. The van der Waals surface area contributed by atoms with Crippen LogP contribution in [0.4, 0.5) is 10.6 Å². The average Bonchev–Trinajstić information content (AvgIpc) is 3.29. The van der Waals surface area contributed by atoms with Crippen molar-refractivity contribution in [1.82, 2.24) is 20.2 Å². The second-order valence-corrected chi connectivity index (χ2v) is 9.16. The molecule has 0 aromatic carbocycles. The number of nitrogens with one attached hydrogen (secondary N) is 1. The summed E-state index contributed by atoms with van der Waals surface area (Å²) in [5.74, 6) is 0.838. The van der Waals surface area contributed by atoms with Gasteiger partial charge in [0.2, 0.25) is 0 Å². The molecule has 1 aliphatic rings. The summed E-state index contributed by atoms with van der Waals surface area (Å²) in [5, 5.41) is 3.52. The van der Waals surface area contributed by atoms with Gasteiger partial charge in [0.05, 0.1) is 24.0 Å². The summed E-state index contributed by atoms with van der Waals surface area (Å²) in [6.07, 6.45) is 3.03. The van der Waals surface area contributed by atoms with E-state index in [2.05, 4.69) is 15.3 Å². The normalized spacial score (nSPS) is 13.9. The number of furan rings is 1. The van der Waals surface area contributed by atoms with Crippen LogP contribution >= 0.6 is 11.3 Å². The largest absolute Gasteiger partial charge is 0.467 e. The Morgan fingerprint density at radius 2 is 2.17 bits per heavy atom. The number of thiophene rings is 1. The Balaban J connectivity index is 1.42. The third-order valence-corrected chi connectivity index (χ3v) is 5.78. The van der Waals surface area contributed by atoms with Gasteiger partial charge in [-0.3, -0.25) is 4.79 Å². The number of anilines is 1. The monoisotopic (exact) mass is 429 g/mol. The molecule has 0 unspecified atom stereocenters. The molecule has 0 bridgehead atoms. The maximum Gasteiger partial charge on any atom is 0.408 e. The first kappa shape index (κ1) is 20.1. The van der Waals surface area contributed by atoms with Crippen LogP contribution in [0.1, 0.15) is 47.3 Å². The number of hydrogen-bond donors (Lipinski definition) is 2. The molecule has 4 heterocycles. The molecule has 3 aromatic heterocycles. The van der Waals surface area contributed by atoms with Crippen molar-refractivity contribution in [2.75, 3.05) is 12.3 Å². The summed E-state index contributed by atoms with van der Waals surface area (Å²) in [7, 11) is 0. The van der Waals surface area contributed by atoms with E-state index in [4.69, 9.17) is 14.9 Å². The van der Waals surface area contributed by atoms with Gasteiger partial charge in [-0.05, 0) is 38.8 Å². The standard InChI is InChI=1S/C20H23N5O4S/c1-20(2,3)29-19(27)22-7-12-6-11(9-28-12)18(26)25-5-4-13-14(8-25)30-17-15(13)16(21)23-10-24-17/h6,9-10H,4-5,7-8H2,1-3H3,(H,22,27)(H2,21,23,24). The predicted molar refractivity (Wildman–Crippen MR) is 112 cm³/mol. The van der Waals surface area contributed by atoms with E-state index in [9.17, 15) is 9.59 Å². The molecule has 0 aliphatic carbocycles. The Labute approximate surface area is 177 Å². The minimum atomic E-state index is -0.579. The summed E-state index contributed by atoms with van der Waals surface area (Å²) < 4.78 is 10.6. The van der Waals surface area contributed by atoms with Crippen LogP contribution in [0.3, 0.4) is 0 Å². The summed E-state index contributed by atoms with van der Waals surface area (Å²) in [5.41, 5.74) is 7.02. The number of hydrogen-bond acceptors (Lipinski definition) is 8. The number of alkyl carbamates (subject to hydrolysis) is 1. The van der Waals surface area contributed by atoms with E-state index >= 15 is 0 Å². The minimum Gasteiger partial charge on any atom is -0.467 e. The molecule has 0 fully saturated rings. The molecule has 158 valence electrons. The third kappa shape index (κ3) is 4.09. The van der Waals surface area contributed by atoms with Gasteiger partial charge in [0.1, 0.15) is 34.6 Å². The second kappa shape index (κ2) is 7.60. The zero-order chi connectivity index (χ0) is 21.5. The van der Waals surface area contributed by atoms with Gasteiger partial charge in [0.15, 0.2) is 0 Å². The van der Waals surface area contributed by atoms with Gasteiger partial charge >= 0.3 is 6.09 Å². The smallest absolute Gasteiger partial charge is 0.408 e. The van der Waals surface area contributed by atoms with Gasteiger partial charge in [-0.1, -0.05) is 0 Å². The lowest BCUT2D eigenvalue weighted by molar-refractivity contribution is 0.0519. The number of nitrogens with two attached hydrogens (primary N) is 1. The van der Waals surface area contributed by atoms with Gasteiger partial charge in [-0.25, -0.2) is 14.8 Å². The highest BCUT2D eigenvalue weighted by molar-refractivity contribution is 7.19. The van der Waals surface area contributed by atoms with Crippen LogP contribution in [0, 0.1) is 0 Å². The zero-order valence-electron chi connectivity index (χ0n) is 17.0. The summed E-state index contributed by atoms with van der Waals surface area (Å²) >= 11 is 1.54. The van der Waals surface area contributed by atoms with Crippen LogP contribution in [0.2, 0.25) is 0 Å². The van der Waals surface area contributed by atoms with Crippen molar-refractivity contribution in [2.24, 2.45) is 0 Å². The highest BCUT2D eigenvalue weighted by Crippen LogP contribution is 2.36. The SMILES string of the molecule is CC(C)(C)OC(=O)NCc1cc(C(=O)N2CCc3c(sc4ncnc(N)c34)C2)co1. The first-order valence-electron chi connectivity index (χ1n) is 9.55. The molecule has 0 spiro atoms. The van der Waals surface area contributed by atoms with Gasteiger partial charge < -0.3 is 25.1 Å². The van der Waals surface area contributed by atoms with E-state index in [0.717, 1.165) is 20.7 Å². The fourth-order valence-electron chi connectivity index (χ4n) is 3.37. The molecule has 30 heavy (non-hydrogen) atoms. The zero-order valence-corrected chi connectivity index (χ0v) is 17.8. The average molecular weight is 430 g/mol. The maximum absolute atomic E-state index is 12.9. The van der Waals surface area contributed by atoms with Crippen molar-refractivity contribution in [3.05, 3.63) is 40.4 Å². The number of carbonyl (C=O) groups is 2. The van der Waals surface area contributed by atoms with Crippen LogP contribution in [0.5, 0.6) is 0 Å². The van der Waals surface area contributed by atoms with E-state index in [-0.39, 0.29) is 12.5 Å². The van der Waals surface area contributed by atoms with E-state index in [0.29, 0.717) is 36.7 Å². The Kier molecular flexibility index (Phi) is 5.10. The number of rotatable bonds is 3. The fourth-order valence-corrected chi connectivity index (χ4v) is 4.58. The molecule has 4 rings (SSSR count). The number of ether oxygens (including phenoxy) is 1. The van der Waals surface area contributed by atoms with Gasteiger partial charge in [-0.15, -0.1) is 11.3 Å². The van der Waals surface area contributed by atoms with Crippen LogP contribution < -0.4 is 11.1 Å². The molecule has 3 aromatic rings. The number of amides is 2. The highest BCUT2D eigenvalue weighted by atomic mass is 32.1. The van der Waals surface area contributed by atoms with Crippen molar-refractivity contribution in [3.63, 3.8) is 0 Å². The van der Waals surface area contributed by atoms with E-state index < -0.39 is 11.7 Å². The van der Waals surface area contributed by atoms with Crippen LogP contribution in [0.25, 0.3) is 10.2 Å². The van der Waals surface area contributed by atoms with Crippen molar-refractivity contribution in [2.45, 2.75) is 45.9 Å². The van der Waals surface area contributed by atoms with E-state index in [1.54, 1.807) is 43.1 Å². The number of carbonyl (C=O) groups excluding carboxylic acids is 2. The third-order valence-electron chi connectivity index (χ3n) is 4.66.